The third-order valence-electron chi connectivity index (χ3n) is 1.57. The van der Waals surface area contributed by atoms with Crippen LogP contribution in [0.3, 0.4) is 0 Å². The number of nitrogens with zero attached hydrogens (tertiary/aromatic N) is 2. The second kappa shape index (κ2) is 6.66. The summed E-state index contributed by atoms with van der Waals surface area (Å²) in [6.45, 7) is 2.39. The van der Waals surface area contributed by atoms with E-state index in [9.17, 15) is 4.79 Å². The summed E-state index contributed by atoms with van der Waals surface area (Å²) in [5, 5.41) is 10.7. The van der Waals surface area contributed by atoms with Gasteiger partial charge >= 0.3 is 0 Å². The Morgan fingerprint density at radius 1 is 1.69 bits per heavy atom. The molecule has 0 spiro atoms. The van der Waals surface area contributed by atoms with E-state index in [1.807, 2.05) is 6.92 Å². The normalized spacial score (nSPS) is 12.4. The molecule has 90 valence electrons. The Bertz CT molecular complexity index is 345. The Morgan fingerprint density at radius 3 is 3.00 bits per heavy atom. The van der Waals surface area contributed by atoms with Gasteiger partial charge in [0.25, 0.3) is 0 Å². The van der Waals surface area contributed by atoms with Crippen molar-refractivity contribution in [3.8, 4) is 0 Å². The predicted molar refractivity (Wildman–Crippen MR) is 64.5 cm³/mol. The number of methoxy groups -OCH3 is 1. The Hall–Kier alpha value is -0.860. The highest BCUT2D eigenvalue weighted by Crippen LogP contribution is 2.22. The summed E-state index contributed by atoms with van der Waals surface area (Å²) >= 11 is 2.59. The highest BCUT2D eigenvalue weighted by atomic mass is 32.2. The third-order valence-corrected chi connectivity index (χ3v) is 3.46. The van der Waals surface area contributed by atoms with E-state index in [0.717, 1.165) is 0 Å². The van der Waals surface area contributed by atoms with Crippen molar-refractivity contribution in [3.05, 3.63) is 0 Å². The molecule has 1 aromatic rings. The molecular formula is C8H14N4O2S2. The second-order valence-electron chi connectivity index (χ2n) is 3.12. The lowest BCUT2D eigenvalue weighted by Gasteiger charge is -2.11. The van der Waals surface area contributed by atoms with Crippen LogP contribution < -0.4 is 11.1 Å². The Morgan fingerprint density at radius 2 is 2.44 bits per heavy atom. The highest BCUT2D eigenvalue weighted by molar-refractivity contribution is 8.01. The van der Waals surface area contributed by atoms with Crippen molar-refractivity contribution in [2.45, 2.75) is 17.3 Å². The molecule has 1 atom stereocenters. The standard InChI is InChI=1S/C8H14N4O2S2/c1-5(3-14-2)10-6(13)4-15-8-12-11-7(9)16-8/h5H,3-4H2,1-2H3,(H2,9,11)(H,10,13)/t5-/m0/s1. The van der Waals surface area contributed by atoms with Gasteiger partial charge in [0, 0.05) is 13.2 Å². The van der Waals surface area contributed by atoms with Crippen LogP contribution in [-0.2, 0) is 9.53 Å². The first-order valence-corrected chi connectivity index (χ1v) is 6.42. The first-order chi connectivity index (χ1) is 7.61. The molecule has 0 saturated heterocycles. The van der Waals surface area contributed by atoms with E-state index in [1.165, 1.54) is 23.1 Å². The number of aromatic nitrogens is 2. The van der Waals surface area contributed by atoms with E-state index >= 15 is 0 Å². The first-order valence-electron chi connectivity index (χ1n) is 4.62. The molecule has 0 aliphatic heterocycles. The molecular weight excluding hydrogens is 248 g/mol. The molecule has 0 unspecified atom stereocenters. The molecule has 1 aromatic heterocycles. The van der Waals surface area contributed by atoms with Crippen LogP contribution in [0.15, 0.2) is 4.34 Å². The minimum Gasteiger partial charge on any atom is -0.383 e. The number of hydrogen-bond acceptors (Lipinski definition) is 7. The number of nitrogens with one attached hydrogen (secondary N) is 1. The van der Waals surface area contributed by atoms with Crippen molar-refractivity contribution in [2.75, 3.05) is 25.2 Å². The van der Waals surface area contributed by atoms with Gasteiger partial charge in [0.15, 0.2) is 4.34 Å². The van der Waals surface area contributed by atoms with Gasteiger partial charge in [-0.3, -0.25) is 4.79 Å². The van der Waals surface area contributed by atoms with Gasteiger partial charge < -0.3 is 15.8 Å². The largest absolute Gasteiger partial charge is 0.383 e. The fourth-order valence-corrected chi connectivity index (χ4v) is 2.46. The fourth-order valence-electron chi connectivity index (χ4n) is 1.01. The van der Waals surface area contributed by atoms with E-state index in [1.54, 1.807) is 7.11 Å². The molecule has 0 radical (unpaired) electrons. The summed E-state index contributed by atoms with van der Waals surface area (Å²) in [4.78, 5) is 11.4. The zero-order chi connectivity index (χ0) is 12.0. The lowest BCUT2D eigenvalue weighted by Crippen LogP contribution is -2.36. The quantitative estimate of drug-likeness (QED) is 0.720. The molecule has 0 aliphatic carbocycles. The predicted octanol–water partition coefficient (Wildman–Crippen LogP) is 0.363. The average Bonchev–Trinajstić information content (AvgIpc) is 2.61. The Balaban J connectivity index is 2.25. The van der Waals surface area contributed by atoms with Crippen molar-refractivity contribution in [1.82, 2.24) is 15.5 Å². The van der Waals surface area contributed by atoms with Gasteiger partial charge in [-0.15, -0.1) is 10.2 Å². The van der Waals surface area contributed by atoms with Crippen molar-refractivity contribution in [2.24, 2.45) is 0 Å². The number of rotatable bonds is 6. The number of anilines is 1. The number of amides is 1. The molecule has 1 amide bonds. The first kappa shape index (κ1) is 13.2. The number of thioether (sulfide) groups is 1. The maximum atomic E-state index is 11.4. The van der Waals surface area contributed by atoms with E-state index < -0.39 is 0 Å². The third kappa shape index (κ3) is 4.77. The van der Waals surface area contributed by atoms with E-state index in [0.29, 0.717) is 21.8 Å². The molecule has 3 N–H and O–H groups in total. The number of carbonyl (C=O) groups is 1. The van der Waals surface area contributed by atoms with Crippen molar-refractivity contribution >= 4 is 34.1 Å². The van der Waals surface area contributed by atoms with Crippen LogP contribution >= 0.6 is 23.1 Å². The van der Waals surface area contributed by atoms with Crippen LogP contribution in [0.25, 0.3) is 0 Å². The van der Waals surface area contributed by atoms with Gasteiger partial charge in [-0.05, 0) is 6.92 Å². The maximum Gasteiger partial charge on any atom is 0.230 e. The maximum absolute atomic E-state index is 11.4. The number of nitrogen functional groups attached to an aromatic ring is 1. The van der Waals surface area contributed by atoms with Crippen molar-refractivity contribution in [1.29, 1.82) is 0 Å². The molecule has 16 heavy (non-hydrogen) atoms. The highest BCUT2D eigenvalue weighted by Gasteiger charge is 2.09. The van der Waals surface area contributed by atoms with Gasteiger partial charge in [0.05, 0.1) is 12.4 Å². The number of nitrogens with two attached hydrogens (primary N) is 1. The lowest BCUT2D eigenvalue weighted by molar-refractivity contribution is -0.119. The Labute approximate surface area is 102 Å². The molecule has 1 heterocycles. The summed E-state index contributed by atoms with van der Waals surface area (Å²) in [5.74, 6) is 0.256. The van der Waals surface area contributed by atoms with Crippen LogP contribution in [0.1, 0.15) is 6.92 Å². The fraction of sp³-hybridized carbons (Fsp3) is 0.625. The van der Waals surface area contributed by atoms with Gasteiger partial charge in [-0.2, -0.15) is 0 Å². The molecule has 0 bridgehead atoms. The SMILES string of the molecule is COC[C@H](C)NC(=O)CSc1nnc(N)s1. The smallest absolute Gasteiger partial charge is 0.230 e. The average molecular weight is 262 g/mol. The van der Waals surface area contributed by atoms with Crippen molar-refractivity contribution < 1.29 is 9.53 Å². The van der Waals surface area contributed by atoms with E-state index in [2.05, 4.69) is 15.5 Å². The molecule has 1 rings (SSSR count). The molecule has 0 aromatic carbocycles. The number of carbonyl (C=O) groups excluding carboxylic acids is 1. The van der Waals surface area contributed by atoms with Crippen LogP contribution in [0.4, 0.5) is 5.13 Å². The number of hydrogen-bond donors (Lipinski definition) is 2. The summed E-state index contributed by atoms with van der Waals surface area (Å²) in [6, 6.07) is 0.0117. The molecule has 8 heteroatoms. The van der Waals surface area contributed by atoms with Crippen LogP contribution in [0.2, 0.25) is 0 Å². The van der Waals surface area contributed by atoms with Gasteiger partial charge in [-0.1, -0.05) is 23.1 Å². The molecule has 6 nitrogen and oxygen atoms in total. The van der Waals surface area contributed by atoms with Crippen LogP contribution in [0, 0.1) is 0 Å². The van der Waals surface area contributed by atoms with Gasteiger partial charge in [0.1, 0.15) is 0 Å². The zero-order valence-corrected chi connectivity index (χ0v) is 10.7. The number of ether oxygens (including phenoxy) is 1. The van der Waals surface area contributed by atoms with Crippen LogP contribution in [0.5, 0.6) is 0 Å². The molecule has 0 aliphatic rings. The second-order valence-corrected chi connectivity index (χ2v) is 5.35. The summed E-state index contributed by atoms with van der Waals surface area (Å²) in [6.07, 6.45) is 0. The van der Waals surface area contributed by atoms with E-state index in [4.69, 9.17) is 10.5 Å². The zero-order valence-electron chi connectivity index (χ0n) is 9.10. The van der Waals surface area contributed by atoms with Gasteiger partial charge in [-0.25, -0.2) is 0 Å². The summed E-state index contributed by atoms with van der Waals surface area (Å²) < 4.78 is 5.61. The summed E-state index contributed by atoms with van der Waals surface area (Å²) in [5.41, 5.74) is 5.42. The minimum absolute atomic E-state index is 0.0117. The minimum atomic E-state index is -0.0525. The molecule has 0 saturated carbocycles. The monoisotopic (exact) mass is 262 g/mol. The van der Waals surface area contributed by atoms with Gasteiger partial charge in [0.2, 0.25) is 11.0 Å². The van der Waals surface area contributed by atoms with Crippen LogP contribution in [-0.4, -0.2) is 41.6 Å². The molecule has 0 fully saturated rings. The van der Waals surface area contributed by atoms with E-state index in [-0.39, 0.29) is 11.9 Å². The Kier molecular flexibility index (Phi) is 5.50. The lowest BCUT2D eigenvalue weighted by atomic mass is 10.3. The topological polar surface area (TPSA) is 90.1 Å². The summed E-state index contributed by atoms with van der Waals surface area (Å²) in [7, 11) is 1.60. The van der Waals surface area contributed by atoms with Crippen molar-refractivity contribution in [3.63, 3.8) is 0 Å².